The van der Waals surface area contributed by atoms with Gasteiger partial charge in [-0.05, 0) is 11.1 Å². The molecule has 1 saturated heterocycles. The van der Waals surface area contributed by atoms with E-state index < -0.39 is 17.5 Å². The fourth-order valence-corrected chi connectivity index (χ4v) is 4.92. The average Bonchev–Trinajstić information content (AvgIpc) is 3.42. The Morgan fingerprint density at radius 1 is 1.07 bits per heavy atom. The number of anilines is 2. The van der Waals surface area contributed by atoms with E-state index in [4.69, 9.17) is 4.74 Å². The number of alkyl halides is 1. The van der Waals surface area contributed by atoms with Crippen molar-refractivity contribution in [3.8, 4) is 17.0 Å². The highest BCUT2D eigenvalue weighted by molar-refractivity contribution is 6.09. The smallest absolute Gasteiger partial charge is 0.346 e. The lowest BCUT2D eigenvalue weighted by atomic mass is 10.0. The molecule has 1 amide bonds. The number of halogens is 1. The van der Waals surface area contributed by atoms with Crippen molar-refractivity contribution in [2.45, 2.75) is 38.5 Å². The van der Waals surface area contributed by atoms with Crippen molar-refractivity contribution in [3.05, 3.63) is 96.1 Å². The number of carbonyl (C=O) groups excluding carboxylic acids is 2. The van der Waals surface area contributed by atoms with E-state index in [2.05, 4.69) is 15.0 Å². The number of ether oxygens (including phenoxy) is 1. The molecular weight excluding hydrogens is 537 g/mol. The molecule has 0 bridgehead atoms. The van der Waals surface area contributed by atoms with Gasteiger partial charge in [0.2, 0.25) is 11.5 Å². The van der Waals surface area contributed by atoms with Crippen LogP contribution in [0.15, 0.2) is 79.1 Å². The highest BCUT2D eigenvalue weighted by Gasteiger charge is 2.48. The van der Waals surface area contributed by atoms with Crippen molar-refractivity contribution in [2.75, 3.05) is 29.9 Å². The first-order chi connectivity index (χ1) is 20.2. The summed E-state index contributed by atoms with van der Waals surface area (Å²) in [7, 11) is 1.58. The van der Waals surface area contributed by atoms with Gasteiger partial charge in [-0.3, -0.25) is 4.79 Å². The van der Waals surface area contributed by atoms with Gasteiger partial charge in [0.1, 0.15) is 12.4 Å². The van der Waals surface area contributed by atoms with Crippen LogP contribution >= 0.6 is 0 Å². The van der Waals surface area contributed by atoms with Gasteiger partial charge in [-0.15, -0.1) is 0 Å². The lowest BCUT2D eigenvalue weighted by molar-refractivity contribution is -0.157. The van der Waals surface area contributed by atoms with E-state index in [0.717, 1.165) is 5.56 Å². The second-order valence-corrected chi connectivity index (χ2v) is 10.6. The van der Waals surface area contributed by atoms with Crippen LogP contribution in [-0.2, 0) is 16.1 Å². The van der Waals surface area contributed by atoms with Crippen LogP contribution in [-0.4, -0.2) is 57.7 Å². The van der Waals surface area contributed by atoms with Crippen LogP contribution in [0.3, 0.4) is 0 Å². The molecule has 1 aliphatic heterocycles. The Bertz CT molecular complexity index is 1570. The maximum Gasteiger partial charge on any atom is 0.346 e. The molecule has 1 atom stereocenters. The Morgan fingerprint density at radius 3 is 2.36 bits per heavy atom. The van der Waals surface area contributed by atoms with E-state index in [9.17, 15) is 14.7 Å². The first-order valence-electron chi connectivity index (χ1n) is 13.7. The van der Waals surface area contributed by atoms with E-state index in [-0.39, 0.29) is 49.3 Å². The second kappa shape index (κ2) is 11.9. The molecule has 0 radical (unpaired) electrons. The number of carbonyl (C=O) groups is 2. The van der Waals surface area contributed by atoms with E-state index in [1.54, 1.807) is 24.1 Å². The summed E-state index contributed by atoms with van der Waals surface area (Å²) in [6.07, 6.45) is 2.81. The molecule has 4 aromatic rings. The number of rotatable bonds is 8. The number of pyridine rings is 1. The van der Waals surface area contributed by atoms with Gasteiger partial charge in [0.15, 0.2) is 5.82 Å². The molecule has 1 fully saturated rings. The van der Waals surface area contributed by atoms with E-state index >= 15 is 4.39 Å². The number of nitrogens with zero attached hydrogens (tertiary/aromatic N) is 5. The van der Waals surface area contributed by atoms with Gasteiger partial charge in [0, 0.05) is 50.0 Å². The molecule has 216 valence electrons. The Morgan fingerprint density at radius 2 is 1.71 bits per heavy atom. The fourth-order valence-electron chi connectivity index (χ4n) is 4.92. The van der Waals surface area contributed by atoms with Gasteiger partial charge in [0.05, 0.1) is 17.8 Å². The zero-order valence-electron chi connectivity index (χ0n) is 23.7. The number of benzene rings is 2. The predicted molar refractivity (Wildman–Crippen MR) is 157 cm³/mol. The highest BCUT2D eigenvalue weighted by Crippen LogP contribution is 2.43. The van der Waals surface area contributed by atoms with E-state index in [0.29, 0.717) is 22.6 Å². The molecule has 0 spiro atoms. The Balaban J connectivity index is 1.49. The van der Waals surface area contributed by atoms with Crippen molar-refractivity contribution >= 4 is 23.4 Å². The van der Waals surface area contributed by atoms with E-state index in [1.807, 2.05) is 62.4 Å². The molecular formula is C32H32FN5O4. The van der Waals surface area contributed by atoms with Crippen molar-refractivity contribution < 1.29 is 23.8 Å². The summed E-state index contributed by atoms with van der Waals surface area (Å²) in [6, 6.07) is 19.7. The van der Waals surface area contributed by atoms with Gasteiger partial charge < -0.3 is 19.6 Å². The zero-order valence-corrected chi connectivity index (χ0v) is 23.7. The summed E-state index contributed by atoms with van der Waals surface area (Å²) in [5.41, 5.74) is 0.279. The van der Waals surface area contributed by atoms with Gasteiger partial charge >= 0.3 is 5.97 Å². The summed E-state index contributed by atoms with van der Waals surface area (Å²) in [6.45, 7) is 3.63. The molecule has 2 aromatic heterocycles. The molecule has 3 heterocycles. The molecule has 1 N–H and O–H groups in total. The number of esters is 1. The molecule has 1 unspecified atom stereocenters. The summed E-state index contributed by atoms with van der Waals surface area (Å²) >= 11 is 0. The summed E-state index contributed by atoms with van der Waals surface area (Å²) < 4.78 is 21.4. The highest BCUT2D eigenvalue weighted by atomic mass is 19.1. The first kappa shape index (κ1) is 28.7. The topological polar surface area (TPSA) is 109 Å². The standard InChI is InChI=1S/C32H32FN5O4/c1-21(2)28-34-17-24(18-35-28)30(40)37(3)27-25(23-12-8-5-9-13-23)16-26(39)36-29(27)38-15-14-32(33,20-38)31(41)42-19-22-10-6-4-7-11-22/h4-13,16-18,21H,14-15,19-20H2,1-3H3,(H,36,39). The Labute approximate surface area is 243 Å². The molecule has 0 saturated carbocycles. The largest absolute Gasteiger partial charge is 0.493 e. The normalized spacial score (nSPS) is 16.5. The monoisotopic (exact) mass is 569 g/mol. The zero-order chi connectivity index (χ0) is 29.9. The number of aromatic hydroxyl groups is 1. The molecule has 10 heteroatoms. The average molecular weight is 570 g/mol. The number of amides is 1. The molecule has 1 aliphatic rings. The van der Waals surface area contributed by atoms with Crippen LogP contribution in [0.2, 0.25) is 0 Å². The number of aromatic nitrogens is 3. The maximum absolute atomic E-state index is 16.0. The predicted octanol–water partition coefficient (Wildman–Crippen LogP) is 5.31. The Kier molecular flexibility index (Phi) is 8.15. The maximum atomic E-state index is 16.0. The van der Waals surface area contributed by atoms with Crippen molar-refractivity contribution in [3.63, 3.8) is 0 Å². The summed E-state index contributed by atoms with van der Waals surface area (Å²) in [5.74, 6) is -0.808. The van der Waals surface area contributed by atoms with Gasteiger partial charge in [0.25, 0.3) is 5.91 Å². The third-order valence-electron chi connectivity index (χ3n) is 7.22. The van der Waals surface area contributed by atoms with Crippen LogP contribution in [0, 0.1) is 0 Å². The van der Waals surface area contributed by atoms with E-state index in [1.165, 1.54) is 23.4 Å². The minimum absolute atomic E-state index is 0.0476. The van der Waals surface area contributed by atoms with Gasteiger partial charge in [-0.25, -0.2) is 19.2 Å². The quantitative estimate of drug-likeness (QED) is 0.285. The lowest BCUT2D eigenvalue weighted by Crippen LogP contribution is -2.39. The third-order valence-corrected chi connectivity index (χ3v) is 7.22. The van der Waals surface area contributed by atoms with Crippen molar-refractivity contribution in [1.82, 2.24) is 15.0 Å². The minimum atomic E-state index is -2.30. The third kappa shape index (κ3) is 5.93. The fraction of sp³-hybridized carbons (Fsp3) is 0.281. The first-order valence-corrected chi connectivity index (χ1v) is 13.7. The summed E-state index contributed by atoms with van der Waals surface area (Å²) in [4.78, 5) is 42.5. The minimum Gasteiger partial charge on any atom is -0.493 e. The molecule has 0 aliphatic carbocycles. The SMILES string of the molecule is CC(C)c1ncc(C(=O)N(C)c2c(-c3ccccc3)cc(O)nc2N2CCC(F)(C(=O)OCc3ccccc3)C2)cn1. The second-order valence-electron chi connectivity index (χ2n) is 10.6. The molecule has 42 heavy (non-hydrogen) atoms. The van der Waals surface area contributed by atoms with Crippen LogP contribution in [0.5, 0.6) is 5.88 Å². The molecule has 9 nitrogen and oxygen atoms in total. The van der Waals surface area contributed by atoms with Crippen molar-refractivity contribution in [1.29, 1.82) is 0 Å². The van der Waals surface area contributed by atoms with Crippen molar-refractivity contribution in [2.24, 2.45) is 0 Å². The Hall–Kier alpha value is -4.86. The van der Waals surface area contributed by atoms with Crippen LogP contribution in [0.1, 0.15) is 47.9 Å². The molecule has 5 rings (SSSR count). The van der Waals surface area contributed by atoms with Crippen LogP contribution < -0.4 is 9.80 Å². The molecule has 2 aromatic carbocycles. The van der Waals surface area contributed by atoms with Crippen LogP contribution in [0.4, 0.5) is 15.9 Å². The number of hydrogen-bond acceptors (Lipinski definition) is 8. The van der Waals surface area contributed by atoms with Gasteiger partial charge in [-0.2, -0.15) is 4.98 Å². The number of hydrogen-bond donors (Lipinski definition) is 1. The summed E-state index contributed by atoms with van der Waals surface area (Å²) in [5, 5.41) is 10.7. The van der Waals surface area contributed by atoms with Crippen LogP contribution in [0.25, 0.3) is 11.1 Å². The van der Waals surface area contributed by atoms with Gasteiger partial charge in [-0.1, -0.05) is 74.5 Å². The lowest BCUT2D eigenvalue weighted by Gasteiger charge is -2.28.